The van der Waals surface area contributed by atoms with Gasteiger partial charge in [-0.05, 0) is 51.5 Å². The van der Waals surface area contributed by atoms with Crippen LogP contribution in [0.3, 0.4) is 0 Å². The number of hydrogen-bond acceptors (Lipinski definition) is 10. The summed E-state index contributed by atoms with van der Waals surface area (Å²) in [4.78, 5) is 38.7. The van der Waals surface area contributed by atoms with E-state index in [1.807, 2.05) is 0 Å². The number of esters is 1. The molecule has 0 saturated carbocycles. The highest BCUT2D eigenvalue weighted by atomic mass is 35.5. The van der Waals surface area contributed by atoms with Gasteiger partial charge in [-0.2, -0.15) is 0 Å². The van der Waals surface area contributed by atoms with E-state index in [1.54, 1.807) is 70.3 Å². The number of carbonyl (C=O) groups is 3. The Bertz CT molecular complexity index is 1220. The first-order valence-corrected chi connectivity index (χ1v) is 15.6. The molecule has 0 radical (unpaired) electrons. The van der Waals surface area contributed by atoms with Gasteiger partial charge in [0.1, 0.15) is 17.7 Å². The van der Waals surface area contributed by atoms with Gasteiger partial charge < -0.3 is 44.4 Å². The van der Waals surface area contributed by atoms with E-state index in [-0.39, 0.29) is 19.6 Å². The van der Waals surface area contributed by atoms with Crippen molar-refractivity contribution in [3.63, 3.8) is 0 Å². The molecule has 0 fully saturated rings. The second-order valence-electron chi connectivity index (χ2n) is 11.0. The lowest BCUT2D eigenvalue weighted by molar-refractivity contribution is -0.150. The van der Waals surface area contributed by atoms with Gasteiger partial charge in [-0.3, -0.25) is 9.59 Å². The molecule has 2 atom stereocenters. The van der Waals surface area contributed by atoms with Crippen LogP contribution in [0.1, 0.15) is 33.3 Å². The van der Waals surface area contributed by atoms with Crippen LogP contribution in [0.5, 0.6) is 0 Å². The molecule has 256 valence electrons. The zero-order valence-corrected chi connectivity index (χ0v) is 28.5. The summed E-state index contributed by atoms with van der Waals surface area (Å²) in [6, 6.07) is 11.0. The van der Waals surface area contributed by atoms with E-state index in [9.17, 15) is 14.4 Å². The Hall–Kier alpha value is -3.13. The van der Waals surface area contributed by atoms with Crippen molar-refractivity contribution < 1.29 is 42.8 Å². The minimum atomic E-state index is -1.24. The molecule has 2 amide bonds. The number of rotatable bonds is 20. The van der Waals surface area contributed by atoms with Gasteiger partial charge in [-0.25, -0.2) is 4.79 Å². The minimum Gasteiger partial charge on any atom is -0.460 e. The molecule has 0 aliphatic heterocycles. The lowest BCUT2D eigenvalue weighted by Crippen LogP contribution is -2.54. The molecule has 46 heavy (non-hydrogen) atoms. The first-order chi connectivity index (χ1) is 21.9. The summed E-state index contributed by atoms with van der Waals surface area (Å²) in [5, 5.41) is 9.22. The average Bonchev–Trinajstić information content (AvgIpc) is 2.98. The van der Waals surface area contributed by atoms with Crippen LogP contribution < -0.4 is 16.0 Å². The summed E-state index contributed by atoms with van der Waals surface area (Å²) in [6.45, 7) is 9.54. The van der Waals surface area contributed by atoms with Crippen molar-refractivity contribution in [1.82, 2.24) is 10.6 Å². The molecule has 3 N–H and O–H groups in total. The molecule has 0 bridgehead atoms. The van der Waals surface area contributed by atoms with E-state index in [2.05, 4.69) is 16.0 Å². The van der Waals surface area contributed by atoms with Crippen molar-refractivity contribution in [2.75, 3.05) is 65.2 Å². The second kappa shape index (κ2) is 20.9. The van der Waals surface area contributed by atoms with Gasteiger partial charge >= 0.3 is 12.1 Å². The second-order valence-corrected chi connectivity index (χ2v) is 11.8. The first-order valence-electron chi connectivity index (χ1n) is 14.9. The third-order valence-electron chi connectivity index (χ3n) is 6.04. The quantitative estimate of drug-likeness (QED) is 0.130. The lowest BCUT2D eigenvalue weighted by atomic mass is 10.1. The maximum absolute atomic E-state index is 13.1. The molecule has 2 rings (SSSR count). The third kappa shape index (κ3) is 15.4. The fraction of sp³-hybridized carbons (Fsp3) is 0.531. The van der Waals surface area contributed by atoms with Crippen LogP contribution in [0.25, 0.3) is 0 Å². The number of nitrogens with one attached hydrogen (secondary N) is 3. The summed E-state index contributed by atoms with van der Waals surface area (Å²) < 4.78 is 32.1. The molecule has 0 spiro atoms. The number of benzene rings is 2. The smallest absolute Gasteiger partial charge is 0.408 e. The molecule has 2 aromatic carbocycles. The normalized spacial score (nSPS) is 12.6. The Balaban J connectivity index is 1.93. The molecule has 14 heteroatoms. The SMILES string of the molecule is COCCOCCOCCOCCNC(=O)[C@@H](NC(=O)OC(C)(C)C)[C@@H](C)OC(=O)Cc1ccccc1Nc1c(Cl)cccc1Cl. The topological polar surface area (TPSA) is 143 Å². The highest BCUT2D eigenvalue weighted by Crippen LogP contribution is 2.33. The Morgan fingerprint density at radius 1 is 0.826 bits per heavy atom. The van der Waals surface area contributed by atoms with Crippen molar-refractivity contribution in [3.05, 3.63) is 58.1 Å². The molecular formula is C32H45Cl2N3O9. The molecule has 0 heterocycles. The number of carbonyl (C=O) groups excluding carboxylic acids is 3. The van der Waals surface area contributed by atoms with Gasteiger partial charge in [0.25, 0.3) is 0 Å². The van der Waals surface area contributed by atoms with E-state index >= 15 is 0 Å². The van der Waals surface area contributed by atoms with Crippen molar-refractivity contribution in [2.45, 2.75) is 51.9 Å². The van der Waals surface area contributed by atoms with E-state index in [0.717, 1.165) is 0 Å². The number of methoxy groups -OCH3 is 1. The van der Waals surface area contributed by atoms with Crippen LogP contribution in [-0.2, 0) is 44.4 Å². The van der Waals surface area contributed by atoms with Gasteiger partial charge in [-0.1, -0.05) is 47.5 Å². The van der Waals surface area contributed by atoms with Gasteiger partial charge in [0.05, 0.1) is 68.4 Å². The average molecular weight is 687 g/mol. The van der Waals surface area contributed by atoms with Crippen molar-refractivity contribution >= 4 is 52.5 Å². The molecule has 12 nitrogen and oxygen atoms in total. The summed E-state index contributed by atoms with van der Waals surface area (Å²) in [5.41, 5.74) is 0.900. The summed E-state index contributed by atoms with van der Waals surface area (Å²) >= 11 is 12.6. The standard InChI is InChI=1S/C32H45Cl2N3O9/c1-22(45-27(38)21-23-9-6-7-12-26(23)36-29-24(33)10-8-11-25(29)34)28(37-31(40)46-32(2,3)4)30(39)35-13-14-42-17-18-44-20-19-43-16-15-41-5/h6-12,22,28,36H,13-21H2,1-5H3,(H,35,39)(H,37,40)/t22-,28+/m1/s1. The number of hydrogen-bond donors (Lipinski definition) is 3. The van der Waals surface area contributed by atoms with Gasteiger partial charge in [0.2, 0.25) is 5.91 Å². The molecule has 0 aliphatic carbocycles. The Kier molecular flexibility index (Phi) is 17.7. The highest BCUT2D eigenvalue weighted by molar-refractivity contribution is 6.39. The fourth-order valence-corrected chi connectivity index (χ4v) is 4.38. The van der Waals surface area contributed by atoms with Crippen LogP contribution in [0.2, 0.25) is 10.0 Å². The zero-order chi connectivity index (χ0) is 34.0. The third-order valence-corrected chi connectivity index (χ3v) is 6.67. The summed E-state index contributed by atoms with van der Waals surface area (Å²) in [6.07, 6.45) is -2.01. The predicted molar refractivity (Wildman–Crippen MR) is 176 cm³/mol. The van der Waals surface area contributed by atoms with E-state index in [4.69, 9.17) is 51.6 Å². The maximum Gasteiger partial charge on any atom is 0.408 e. The predicted octanol–water partition coefficient (Wildman–Crippen LogP) is 4.92. The first kappa shape index (κ1) is 39.1. The van der Waals surface area contributed by atoms with Crippen molar-refractivity contribution in [1.29, 1.82) is 0 Å². The number of halogens is 2. The van der Waals surface area contributed by atoms with Gasteiger partial charge in [-0.15, -0.1) is 0 Å². The largest absolute Gasteiger partial charge is 0.460 e. The zero-order valence-electron chi connectivity index (χ0n) is 27.0. The Morgan fingerprint density at radius 2 is 1.41 bits per heavy atom. The molecule has 0 unspecified atom stereocenters. The van der Waals surface area contributed by atoms with Crippen LogP contribution in [0, 0.1) is 0 Å². The molecular weight excluding hydrogens is 641 g/mol. The van der Waals surface area contributed by atoms with Gasteiger partial charge in [0.15, 0.2) is 0 Å². The maximum atomic E-state index is 13.1. The number of amides is 2. The fourth-order valence-electron chi connectivity index (χ4n) is 3.89. The van der Waals surface area contributed by atoms with Crippen LogP contribution in [0.4, 0.5) is 16.2 Å². The van der Waals surface area contributed by atoms with Gasteiger partial charge in [0, 0.05) is 19.3 Å². The Labute approximate surface area is 280 Å². The van der Waals surface area contributed by atoms with Crippen LogP contribution >= 0.6 is 23.2 Å². The number of ether oxygens (including phenoxy) is 6. The van der Waals surface area contributed by atoms with E-state index in [0.29, 0.717) is 66.6 Å². The number of para-hydroxylation sites is 2. The number of anilines is 2. The summed E-state index contributed by atoms with van der Waals surface area (Å²) in [7, 11) is 1.61. The van der Waals surface area contributed by atoms with Crippen molar-refractivity contribution in [2.24, 2.45) is 0 Å². The monoisotopic (exact) mass is 685 g/mol. The minimum absolute atomic E-state index is 0.133. The van der Waals surface area contributed by atoms with E-state index in [1.165, 1.54) is 6.92 Å². The van der Waals surface area contributed by atoms with E-state index < -0.39 is 35.7 Å². The molecule has 2 aromatic rings. The molecule has 0 saturated heterocycles. The van der Waals surface area contributed by atoms with Crippen LogP contribution in [-0.4, -0.2) is 95.6 Å². The lowest BCUT2D eigenvalue weighted by Gasteiger charge is -2.26. The van der Waals surface area contributed by atoms with Crippen LogP contribution in [0.15, 0.2) is 42.5 Å². The molecule has 0 aliphatic rings. The summed E-state index contributed by atoms with van der Waals surface area (Å²) in [5.74, 6) is -1.20. The molecule has 0 aromatic heterocycles. The highest BCUT2D eigenvalue weighted by Gasteiger charge is 2.31. The van der Waals surface area contributed by atoms with Crippen molar-refractivity contribution in [3.8, 4) is 0 Å². The number of alkyl carbamates (subject to hydrolysis) is 1. The Morgan fingerprint density at radius 3 is 2.02 bits per heavy atom.